The van der Waals surface area contributed by atoms with E-state index >= 15 is 0 Å². The number of para-hydroxylation sites is 1. The van der Waals surface area contributed by atoms with Gasteiger partial charge in [-0.1, -0.05) is 32.0 Å². The van der Waals surface area contributed by atoms with Crippen molar-refractivity contribution in [3.05, 3.63) is 29.8 Å². The Morgan fingerprint density at radius 3 is 2.56 bits per heavy atom. The minimum absolute atomic E-state index is 0.325. The topological polar surface area (TPSA) is 29.5 Å². The largest absolute Gasteiger partial charge is 0.490 e. The highest BCUT2D eigenvalue weighted by molar-refractivity contribution is 5.35. The fourth-order valence-electron chi connectivity index (χ4n) is 2.61. The van der Waals surface area contributed by atoms with Gasteiger partial charge in [-0.25, -0.2) is 0 Å². The lowest BCUT2D eigenvalue weighted by molar-refractivity contribution is 0.123. The Hall–Kier alpha value is -1.02. The molecule has 0 unspecified atom stereocenters. The minimum atomic E-state index is -0.413. The molecule has 1 saturated carbocycles. The summed E-state index contributed by atoms with van der Waals surface area (Å²) in [6.07, 6.45) is 5.42. The zero-order valence-corrected chi connectivity index (χ0v) is 11.4. The van der Waals surface area contributed by atoms with E-state index in [2.05, 4.69) is 6.92 Å². The first-order valence-electron chi connectivity index (χ1n) is 7.14. The summed E-state index contributed by atoms with van der Waals surface area (Å²) in [6, 6.07) is 7.89. The highest BCUT2D eigenvalue weighted by Crippen LogP contribution is 2.31. The zero-order chi connectivity index (χ0) is 13.0. The third-order valence-corrected chi connectivity index (χ3v) is 3.92. The Kier molecular flexibility index (Phi) is 4.65. The number of aliphatic hydroxyl groups is 1. The van der Waals surface area contributed by atoms with Gasteiger partial charge >= 0.3 is 0 Å². The molecule has 18 heavy (non-hydrogen) atoms. The van der Waals surface area contributed by atoms with Crippen molar-refractivity contribution in [3.63, 3.8) is 0 Å². The fraction of sp³-hybridized carbons (Fsp3) is 0.625. The SMILES string of the molecule is CC[C@H](O)c1ccccc1OC1CCC(C)CC1. The van der Waals surface area contributed by atoms with Crippen molar-refractivity contribution in [2.24, 2.45) is 5.92 Å². The second kappa shape index (κ2) is 6.24. The Morgan fingerprint density at radius 2 is 1.89 bits per heavy atom. The molecule has 2 rings (SSSR count). The molecule has 0 saturated heterocycles. The van der Waals surface area contributed by atoms with Crippen molar-refractivity contribution in [2.75, 3.05) is 0 Å². The summed E-state index contributed by atoms with van der Waals surface area (Å²) in [6.45, 7) is 4.30. The Bertz CT molecular complexity index is 367. The maximum atomic E-state index is 10.0. The Balaban J connectivity index is 2.04. The van der Waals surface area contributed by atoms with Crippen molar-refractivity contribution in [1.29, 1.82) is 0 Å². The number of aliphatic hydroxyl groups excluding tert-OH is 1. The first-order valence-corrected chi connectivity index (χ1v) is 7.14. The normalized spacial score (nSPS) is 25.7. The molecular formula is C16H24O2. The molecule has 0 aliphatic heterocycles. The van der Waals surface area contributed by atoms with E-state index in [1.54, 1.807) is 0 Å². The third-order valence-electron chi connectivity index (χ3n) is 3.92. The van der Waals surface area contributed by atoms with Crippen molar-refractivity contribution in [2.45, 2.75) is 58.2 Å². The molecule has 100 valence electrons. The van der Waals surface area contributed by atoms with Gasteiger partial charge < -0.3 is 9.84 Å². The van der Waals surface area contributed by atoms with Gasteiger partial charge in [-0.15, -0.1) is 0 Å². The molecule has 0 aromatic heterocycles. The maximum Gasteiger partial charge on any atom is 0.125 e. The average molecular weight is 248 g/mol. The molecule has 1 aromatic carbocycles. The molecule has 0 heterocycles. The molecule has 1 aliphatic carbocycles. The van der Waals surface area contributed by atoms with Crippen LogP contribution in [0.25, 0.3) is 0 Å². The first kappa shape index (κ1) is 13.4. The molecular weight excluding hydrogens is 224 g/mol. The average Bonchev–Trinajstić information content (AvgIpc) is 2.41. The standard InChI is InChI=1S/C16H24O2/c1-3-15(17)14-6-4-5-7-16(14)18-13-10-8-12(2)9-11-13/h4-7,12-13,15,17H,3,8-11H2,1-2H3/t12?,13?,15-/m0/s1. The van der Waals surface area contributed by atoms with Gasteiger partial charge in [-0.05, 0) is 44.1 Å². The zero-order valence-electron chi connectivity index (χ0n) is 11.4. The molecule has 1 N–H and O–H groups in total. The van der Waals surface area contributed by atoms with Gasteiger partial charge in [0.15, 0.2) is 0 Å². The highest BCUT2D eigenvalue weighted by atomic mass is 16.5. The van der Waals surface area contributed by atoms with E-state index in [4.69, 9.17) is 4.74 Å². The minimum Gasteiger partial charge on any atom is -0.490 e. The van der Waals surface area contributed by atoms with E-state index in [0.717, 1.165) is 36.5 Å². The van der Waals surface area contributed by atoms with Crippen LogP contribution in [-0.2, 0) is 0 Å². The van der Waals surface area contributed by atoms with E-state index in [1.807, 2.05) is 31.2 Å². The van der Waals surface area contributed by atoms with Crippen molar-refractivity contribution >= 4 is 0 Å². The van der Waals surface area contributed by atoms with E-state index in [1.165, 1.54) is 12.8 Å². The van der Waals surface area contributed by atoms with E-state index in [-0.39, 0.29) is 0 Å². The molecule has 1 aliphatic rings. The number of rotatable bonds is 4. The van der Waals surface area contributed by atoms with Gasteiger partial charge in [0.2, 0.25) is 0 Å². The van der Waals surface area contributed by atoms with Crippen LogP contribution in [0.1, 0.15) is 57.6 Å². The monoisotopic (exact) mass is 248 g/mol. The summed E-state index contributed by atoms with van der Waals surface area (Å²) < 4.78 is 6.10. The summed E-state index contributed by atoms with van der Waals surface area (Å²) in [4.78, 5) is 0. The number of ether oxygens (including phenoxy) is 1. The van der Waals surface area contributed by atoms with Crippen LogP contribution in [0.15, 0.2) is 24.3 Å². The molecule has 0 spiro atoms. The van der Waals surface area contributed by atoms with Gasteiger partial charge in [-0.2, -0.15) is 0 Å². The molecule has 2 heteroatoms. The van der Waals surface area contributed by atoms with Crippen LogP contribution >= 0.6 is 0 Å². The smallest absolute Gasteiger partial charge is 0.125 e. The van der Waals surface area contributed by atoms with E-state index in [9.17, 15) is 5.11 Å². The maximum absolute atomic E-state index is 10.0. The molecule has 0 bridgehead atoms. The van der Waals surface area contributed by atoms with Crippen LogP contribution in [0.4, 0.5) is 0 Å². The lowest BCUT2D eigenvalue weighted by Gasteiger charge is -2.28. The van der Waals surface area contributed by atoms with Crippen molar-refractivity contribution in [1.82, 2.24) is 0 Å². The second-order valence-corrected chi connectivity index (χ2v) is 5.46. The quantitative estimate of drug-likeness (QED) is 0.869. The van der Waals surface area contributed by atoms with Gasteiger partial charge in [0.25, 0.3) is 0 Å². The number of hydrogen-bond donors (Lipinski definition) is 1. The van der Waals surface area contributed by atoms with Crippen LogP contribution < -0.4 is 4.74 Å². The van der Waals surface area contributed by atoms with Crippen LogP contribution in [0.2, 0.25) is 0 Å². The Labute approximate surface area is 110 Å². The second-order valence-electron chi connectivity index (χ2n) is 5.46. The Morgan fingerprint density at radius 1 is 1.22 bits per heavy atom. The highest BCUT2D eigenvalue weighted by Gasteiger charge is 2.21. The fourth-order valence-corrected chi connectivity index (χ4v) is 2.61. The summed E-state index contributed by atoms with van der Waals surface area (Å²) in [5.74, 6) is 1.70. The summed E-state index contributed by atoms with van der Waals surface area (Å²) in [5, 5.41) is 10.0. The molecule has 0 amide bonds. The van der Waals surface area contributed by atoms with Gasteiger partial charge in [-0.3, -0.25) is 0 Å². The van der Waals surface area contributed by atoms with E-state index in [0.29, 0.717) is 6.10 Å². The summed E-state index contributed by atoms with van der Waals surface area (Å²) in [5.41, 5.74) is 0.929. The summed E-state index contributed by atoms with van der Waals surface area (Å²) >= 11 is 0. The molecule has 0 radical (unpaired) electrons. The van der Waals surface area contributed by atoms with Crippen LogP contribution in [-0.4, -0.2) is 11.2 Å². The number of hydrogen-bond acceptors (Lipinski definition) is 2. The molecule has 1 atom stereocenters. The predicted molar refractivity (Wildman–Crippen MR) is 73.7 cm³/mol. The predicted octanol–water partition coefficient (Wildman–Crippen LogP) is 4.09. The first-order chi connectivity index (χ1) is 8.70. The van der Waals surface area contributed by atoms with Crippen molar-refractivity contribution in [3.8, 4) is 5.75 Å². The molecule has 2 nitrogen and oxygen atoms in total. The van der Waals surface area contributed by atoms with Crippen LogP contribution in [0, 0.1) is 5.92 Å². The van der Waals surface area contributed by atoms with Crippen molar-refractivity contribution < 1.29 is 9.84 Å². The van der Waals surface area contributed by atoms with Gasteiger partial charge in [0.1, 0.15) is 5.75 Å². The third kappa shape index (κ3) is 3.26. The summed E-state index contributed by atoms with van der Waals surface area (Å²) in [7, 11) is 0. The lowest BCUT2D eigenvalue weighted by Crippen LogP contribution is -2.23. The van der Waals surface area contributed by atoms with E-state index < -0.39 is 6.10 Å². The van der Waals surface area contributed by atoms with Gasteiger partial charge in [0.05, 0.1) is 12.2 Å². The van der Waals surface area contributed by atoms with Crippen LogP contribution in [0.3, 0.4) is 0 Å². The lowest BCUT2D eigenvalue weighted by atomic mass is 9.89. The van der Waals surface area contributed by atoms with Crippen LogP contribution in [0.5, 0.6) is 5.75 Å². The molecule has 1 fully saturated rings. The number of benzene rings is 1. The molecule has 1 aromatic rings. The van der Waals surface area contributed by atoms with Gasteiger partial charge in [0, 0.05) is 5.56 Å².